The topological polar surface area (TPSA) is 21.3 Å². The second kappa shape index (κ2) is 4.69. The van der Waals surface area contributed by atoms with Crippen molar-refractivity contribution in [2.45, 2.75) is 38.1 Å². The van der Waals surface area contributed by atoms with Gasteiger partial charge in [-0.15, -0.1) is 0 Å². The Morgan fingerprint density at radius 3 is 2.71 bits per heavy atom. The molecule has 1 aromatic carbocycles. The van der Waals surface area contributed by atoms with Gasteiger partial charge in [-0.05, 0) is 55.7 Å². The van der Waals surface area contributed by atoms with Crippen LogP contribution in [-0.4, -0.2) is 13.7 Å². The van der Waals surface area contributed by atoms with E-state index in [1.54, 1.807) is 7.11 Å². The van der Waals surface area contributed by atoms with E-state index in [-0.39, 0.29) is 0 Å². The maximum atomic E-state index is 5.50. The molecule has 0 atom stereocenters. The van der Waals surface area contributed by atoms with Gasteiger partial charge in [0.05, 0.1) is 7.11 Å². The maximum absolute atomic E-state index is 5.50. The number of hydrogen-bond acceptors (Lipinski definition) is 2. The van der Waals surface area contributed by atoms with Crippen molar-refractivity contribution in [1.29, 1.82) is 0 Å². The third-order valence-corrected chi connectivity index (χ3v) is 3.81. The molecule has 0 aliphatic heterocycles. The monoisotopic (exact) mass is 231 g/mol. The standard InChI is InChI=1S/C15H21NO/c1-17-15-8-13(12-4-5-12)6-7-14(15)10-16-9-11-2-3-11/h6-8,11-12,16H,2-5,9-10H2,1H3. The van der Waals surface area contributed by atoms with Crippen molar-refractivity contribution in [3.63, 3.8) is 0 Å². The van der Waals surface area contributed by atoms with Crippen molar-refractivity contribution < 1.29 is 4.74 Å². The van der Waals surface area contributed by atoms with Crippen molar-refractivity contribution >= 4 is 0 Å². The molecule has 2 heteroatoms. The van der Waals surface area contributed by atoms with Crippen molar-refractivity contribution in [1.82, 2.24) is 5.32 Å². The van der Waals surface area contributed by atoms with E-state index in [4.69, 9.17) is 4.74 Å². The van der Waals surface area contributed by atoms with E-state index in [1.807, 2.05) is 0 Å². The summed E-state index contributed by atoms with van der Waals surface area (Å²) in [7, 11) is 1.77. The lowest BCUT2D eigenvalue weighted by Gasteiger charge is -2.11. The van der Waals surface area contributed by atoms with Gasteiger partial charge in [0.2, 0.25) is 0 Å². The summed E-state index contributed by atoms with van der Waals surface area (Å²) in [5.41, 5.74) is 2.74. The van der Waals surface area contributed by atoms with Crippen LogP contribution >= 0.6 is 0 Å². The molecule has 0 unspecified atom stereocenters. The van der Waals surface area contributed by atoms with E-state index in [0.717, 1.165) is 30.7 Å². The van der Waals surface area contributed by atoms with Crippen LogP contribution in [-0.2, 0) is 6.54 Å². The third kappa shape index (κ3) is 2.81. The SMILES string of the molecule is COc1cc(C2CC2)ccc1CNCC1CC1. The first kappa shape index (κ1) is 11.1. The van der Waals surface area contributed by atoms with E-state index in [1.165, 1.54) is 36.8 Å². The molecule has 3 rings (SSSR count). The molecule has 0 aromatic heterocycles. The summed E-state index contributed by atoms with van der Waals surface area (Å²) in [6.07, 6.45) is 5.51. The van der Waals surface area contributed by atoms with Gasteiger partial charge in [0.15, 0.2) is 0 Å². The molecule has 17 heavy (non-hydrogen) atoms. The molecule has 0 spiro atoms. The van der Waals surface area contributed by atoms with Gasteiger partial charge < -0.3 is 10.1 Å². The van der Waals surface area contributed by atoms with Crippen LogP contribution in [0.15, 0.2) is 18.2 Å². The highest BCUT2D eigenvalue weighted by molar-refractivity contribution is 5.40. The lowest BCUT2D eigenvalue weighted by Crippen LogP contribution is -2.16. The number of ether oxygens (including phenoxy) is 1. The van der Waals surface area contributed by atoms with E-state index in [2.05, 4.69) is 23.5 Å². The van der Waals surface area contributed by atoms with Gasteiger partial charge in [0, 0.05) is 12.1 Å². The predicted molar refractivity (Wildman–Crippen MR) is 69.4 cm³/mol. The minimum Gasteiger partial charge on any atom is -0.496 e. The summed E-state index contributed by atoms with van der Waals surface area (Å²) in [4.78, 5) is 0. The van der Waals surface area contributed by atoms with Crippen molar-refractivity contribution in [2.75, 3.05) is 13.7 Å². The smallest absolute Gasteiger partial charge is 0.123 e. The minimum atomic E-state index is 0.803. The molecule has 1 aromatic rings. The first-order valence-electron chi connectivity index (χ1n) is 6.74. The van der Waals surface area contributed by atoms with Gasteiger partial charge >= 0.3 is 0 Å². The molecular weight excluding hydrogens is 210 g/mol. The average molecular weight is 231 g/mol. The fourth-order valence-corrected chi connectivity index (χ4v) is 2.31. The highest BCUT2D eigenvalue weighted by Crippen LogP contribution is 2.41. The van der Waals surface area contributed by atoms with Crippen molar-refractivity contribution in [3.8, 4) is 5.75 Å². The summed E-state index contributed by atoms with van der Waals surface area (Å²) in [6, 6.07) is 6.73. The number of benzene rings is 1. The zero-order chi connectivity index (χ0) is 11.7. The lowest BCUT2D eigenvalue weighted by molar-refractivity contribution is 0.407. The largest absolute Gasteiger partial charge is 0.496 e. The number of hydrogen-bond donors (Lipinski definition) is 1. The van der Waals surface area contributed by atoms with Crippen molar-refractivity contribution in [3.05, 3.63) is 29.3 Å². The second-order valence-electron chi connectivity index (χ2n) is 5.42. The molecule has 1 N–H and O–H groups in total. The quantitative estimate of drug-likeness (QED) is 0.812. The number of rotatable bonds is 6. The minimum absolute atomic E-state index is 0.803. The summed E-state index contributed by atoms with van der Waals surface area (Å²) >= 11 is 0. The normalized spacial score (nSPS) is 19.4. The molecule has 2 nitrogen and oxygen atoms in total. The van der Waals surface area contributed by atoms with Gasteiger partial charge in [-0.3, -0.25) is 0 Å². The zero-order valence-electron chi connectivity index (χ0n) is 10.5. The Morgan fingerprint density at radius 2 is 2.06 bits per heavy atom. The van der Waals surface area contributed by atoms with E-state index >= 15 is 0 Å². The number of nitrogens with one attached hydrogen (secondary N) is 1. The fraction of sp³-hybridized carbons (Fsp3) is 0.600. The number of methoxy groups -OCH3 is 1. The maximum Gasteiger partial charge on any atom is 0.123 e. The average Bonchev–Trinajstić information content (AvgIpc) is 3.21. The van der Waals surface area contributed by atoms with Gasteiger partial charge in [-0.25, -0.2) is 0 Å². The van der Waals surface area contributed by atoms with Gasteiger partial charge in [-0.2, -0.15) is 0 Å². The van der Waals surface area contributed by atoms with Crippen LogP contribution in [0, 0.1) is 5.92 Å². The third-order valence-electron chi connectivity index (χ3n) is 3.81. The van der Waals surface area contributed by atoms with Crippen LogP contribution in [0.4, 0.5) is 0 Å². The van der Waals surface area contributed by atoms with Crippen LogP contribution in [0.1, 0.15) is 42.7 Å². The van der Waals surface area contributed by atoms with Crippen LogP contribution < -0.4 is 10.1 Å². The Morgan fingerprint density at radius 1 is 1.24 bits per heavy atom. The lowest BCUT2D eigenvalue weighted by atomic mass is 10.1. The molecule has 2 aliphatic rings. The molecule has 2 fully saturated rings. The van der Waals surface area contributed by atoms with Gasteiger partial charge in [0.1, 0.15) is 5.75 Å². The molecule has 2 aliphatic carbocycles. The van der Waals surface area contributed by atoms with Crippen LogP contribution in [0.3, 0.4) is 0 Å². The molecular formula is C15H21NO. The second-order valence-corrected chi connectivity index (χ2v) is 5.42. The molecule has 0 radical (unpaired) electrons. The molecule has 0 saturated heterocycles. The zero-order valence-corrected chi connectivity index (χ0v) is 10.5. The molecule has 0 bridgehead atoms. The first-order valence-corrected chi connectivity index (χ1v) is 6.74. The van der Waals surface area contributed by atoms with E-state index in [9.17, 15) is 0 Å². The summed E-state index contributed by atoms with van der Waals surface area (Å²) < 4.78 is 5.50. The first-order chi connectivity index (χ1) is 8.36. The molecule has 0 amide bonds. The molecule has 2 saturated carbocycles. The summed E-state index contributed by atoms with van der Waals surface area (Å²) in [5, 5.41) is 3.52. The van der Waals surface area contributed by atoms with Crippen molar-refractivity contribution in [2.24, 2.45) is 5.92 Å². The van der Waals surface area contributed by atoms with Crippen LogP contribution in [0.2, 0.25) is 0 Å². The fourth-order valence-electron chi connectivity index (χ4n) is 2.31. The van der Waals surface area contributed by atoms with Gasteiger partial charge in [-0.1, -0.05) is 12.1 Å². The Bertz CT molecular complexity index is 394. The predicted octanol–water partition coefficient (Wildman–Crippen LogP) is 3.07. The highest BCUT2D eigenvalue weighted by Gasteiger charge is 2.24. The molecule has 92 valence electrons. The summed E-state index contributed by atoms with van der Waals surface area (Å²) in [6.45, 7) is 2.10. The Labute approximate surface area is 103 Å². The molecule has 0 heterocycles. The highest BCUT2D eigenvalue weighted by atomic mass is 16.5. The summed E-state index contributed by atoms with van der Waals surface area (Å²) in [5.74, 6) is 2.79. The Kier molecular flexibility index (Phi) is 3.06. The van der Waals surface area contributed by atoms with Gasteiger partial charge in [0.25, 0.3) is 0 Å². The van der Waals surface area contributed by atoms with E-state index < -0.39 is 0 Å². The Hall–Kier alpha value is -1.02. The van der Waals surface area contributed by atoms with E-state index in [0.29, 0.717) is 0 Å². The Balaban J connectivity index is 1.64. The van der Waals surface area contributed by atoms with Crippen LogP contribution in [0.25, 0.3) is 0 Å². The van der Waals surface area contributed by atoms with Crippen LogP contribution in [0.5, 0.6) is 5.75 Å².